The molecule has 3 aromatic rings. The van der Waals surface area contributed by atoms with Crippen molar-refractivity contribution in [3.8, 4) is 10.8 Å². The van der Waals surface area contributed by atoms with Crippen molar-refractivity contribution in [3.05, 3.63) is 52.5 Å². The number of aryl methyl sites for hydroxylation is 2. The molecule has 170 valence electrons. The molecular formula is C22H25FN4O3S2. The lowest BCUT2D eigenvalue weighted by molar-refractivity contribution is 0.251. The van der Waals surface area contributed by atoms with E-state index in [4.69, 9.17) is 4.42 Å². The van der Waals surface area contributed by atoms with Crippen LogP contribution in [-0.2, 0) is 29.4 Å². The molecule has 3 heterocycles. The first-order valence-electron chi connectivity index (χ1n) is 10.9. The van der Waals surface area contributed by atoms with Crippen molar-refractivity contribution in [2.75, 3.05) is 26.2 Å². The van der Waals surface area contributed by atoms with Crippen molar-refractivity contribution < 1.29 is 17.2 Å². The van der Waals surface area contributed by atoms with Gasteiger partial charge in [0.2, 0.25) is 15.9 Å². The third kappa shape index (κ3) is 4.50. The van der Waals surface area contributed by atoms with Crippen LogP contribution in [0.3, 0.4) is 0 Å². The first-order valence-corrected chi connectivity index (χ1v) is 13.2. The van der Waals surface area contributed by atoms with Crippen molar-refractivity contribution in [3.63, 3.8) is 0 Å². The minimum absolute atomic E-state index is 0.118. The highest BCUT2D eigenvalue weighted by atomic mass is 32.2. The monoisotopic (exact) mass is 476 g/mol. The average Bonchev–Trinajstić information content (AvgIpc) is 3.35. The summed E-state index contributed by atoms with van der Waals surface area (Å²) in [6, 6.07) is 7.16. The molecule has 0 radical (unpaired) electrons. The summed E-state index contributed by atoms with van der Waals surface area (Å²) in [6.07, 6.45) is 5.43. The summed E-state index contributed by atoms with van der Waals surface area (Å²) in [5.74, 6) is 0.656. The molecule has 1 saturated heterocycles. The van der Waals surface area contributed by atoms with Gasteiger partial charge in [-0.15, -0.1) is 21.5 Å². The molecule has 32 heavy (non-hydrogen) atoms. The fraction of sp³-hybridized carbons (Fsp3) is 0.455. The zero-order valence-corrected chi connectivity index (χ0v) is 19.3. The second kappa shape index (κ2) is 9.01. The molecule has 10 heteroatoms. The second-order valence-electron chi connectivity index (χ2n) is 8.25. The van der Waals surface area contributed by atoms with Gasteiger partial charge < -0.3 is 4.42 Å². The molecule has 2 aromatic heterocycles. The number of hydrogen-bond acceptors (Lipinski definition) is 7. The Bertz CT molecular complexity index is 1170. The van der Waals surface area contributed by atoms with E-state index in [2.05, 4.69) is 21.2 Å². The number of hydrogen-bond donors (Lipinski definition) is 0. The highest BCUT2D eigenvalue weighted by Crippen LogP contribution is 2.35. The van der Waals surface area contributed by atoms with Gasteiger partial charge in [0.15, 0.2) is 0 Å². The van der Waals surface area contributed by atoms with Gasteiger partial charge in [-0.2, -0.15) is 4.31 Å². The molecule has 1 aliphatic heterocycles. The Morgan fingerprint density at radius 2 is 1.81 bits per heavy atom. The van der Waals surface area contributed by atoms with E-state index < -0.39 is 15.8 Å². The van der Waals surface area contributed by atoms with Gasteiger partial charge in [-0.25, -0.2) is 12.8 Å². The van der Waals surface area contributed by atoms with Crippen LogP contribution >= 0.6 is 11.3 Å². The van der Waals surface area contributed by atoms with E-state index in [0.29, 0.717) is 44.4 Å². The average molecular weight is 477 g/mol. The lowest BCUT2D eigenvalue weighted by atomic mass is 9.99. The van der Waals surface area contributed by atoms with Crippen LogP contribution in [0, 0.1) is 5.82 Å². The van der Waals surface area contributed by atoms with Crippen molar-refractivity contribution >= 4 is 21.4 Å². The fourth-order valence-corrected chi connectivity index (χ4v) is 6.95. The van der Waals surface area contributed by atoms with Gasteiger partial charge in [0.25, 0.3) is 5.89 Å². The summed E-state index contributed by atoms with van der Waals surface area (Å²) in [4.78, 5) is 4.72. The van der Waals surface area contributed by atoms with Gasteiger partial charge in [0, 0.05) is 24.5 Å². The van der Waals surface area contributed by atoms with Crippen LogP contribution in [0.1, 0.15) is 35.6 Å². The Labute approximate surface area is 190 Å². The van der Waals surface area contributed by atoms with E-state index in [1.165, 1.54) is 51.9 Å². The number of fused-ring (bicyclic) bond motifs is 1. The maximum Gasteiger partial charge on any atom is 0.257 e. The molecule has 1 fully saturated rings. The molecule has 0 saturated carbocycles. The molecule has 0 unspecified atom stereocenters. The van der Waals surface area contributed by atoms with Crippen molar-refractivity contribution in [1.82, 2.24) is 19.4 Å². The number of benzene rings is 1. The molecule has 7 nitrogen and oxygen atoms in total. The standard InChI is InChI=1S/C22H25FN4O3S2/c23-17-6-8-18(9-7-17)32(28,29)27-11-3-10-26(12-13-27)15-21-24-25-22(30-21)20-14-16-4-1-2-5-19(16)31-20/h6-9,14H,1-5,10-13,15H2. The van der Waals surface area contributed by atoms with Gasteiger partial charge in [0.05, 0.1) is 16.3 Å². The van der Waals surface area contributed by atoms with E-state index in [1.54, 1.807) is 11.3 Å². The maximum absolute atomic E-state index is 13.2. The van der Waals surface area contributed by atoms with E-state index >= 15 is 0 Å². The normalized spacial score (nSPS) is 18.4. The largest absolute Gasteiger partial charge is 0.419 e. The van der Waals surface area contributed by atoms with Crippen LogP contribution in [0.2, 0.25) is 0 Å². The van der Waals surface area contributed by atoms with Gasteiger partial charge in [-0.1, -0.05) is 0 Å². The zero-order chi connectivity index (χ0) is 22.1. The van der Waals surface area contributed by atoms with Gasteiger partial charge >= 0.3 is 0 Å². The predicted molar refractivity (Wildman–Crippen MR) is 119 cm³/mol. The molecule has 1 aliphatic carbocycles. The quantitative estimate of drug-likeness (QED) is 0.559. The number of aromatic nitrogens is 2. The van der Waals surface area contributed by atoms with Crippen LogP contribution in [-0.4, -0.2) is 54.0 Å². The summed E-state index contributed by atoms with van der Waals surface area (Å²) >= 11 is 1.75. The second-order valence-corrected chi connectivity index (χ2v) is 11.3. The topological polar surface area (TPSA) is 79.5 Å². The lowest BCUT2D eigenvalue weighted by Crippen LogP contribution is -2.35. The van der Waals surface area contributed by atoms with Crippen LogP contribution < -0.4 is 0 Å². The number of sulfonamides is 1. The first kappa shape index (κ1) is 21.7. The minimum atomic E-state index is -3.64. The van der Waals surface area contributed by atoms with E-state index in [1.807, 2.05) is 0 Å². The van der Waals surface area contributed by atoms with Crippen LogP contribution in [0.5, 0.6) is 0 Å². The molecule has 1 aromatic carbocycles. The highest BCUT2D eigenvalue weighted by molar-refractivity contribution is 7.89. The Balaban J connectivity index is 1.23. The van der Waals surface area contributed by atoms with Crippen molar-refractivity contribution in [1.29, 1.82) is 0 Å². The third-order valence-corrected chi connectivity index (χ3v) is 9.17. The van der Waals surface area contributed by atoms with Crippen LogP contribution in [0.25, 0.3) is 10.8 Å². The van der Waals surface area contributed by atoms with E-state index in [-0.39, 0.29) is 4.90 Å². The Morgan fingerprint density at radius 1 is 1.00 bits per heavy atom. The molecule has 0 bridgehead atoms. The SMILES string of the molecule is O=S(=O)(c1ccc(F)cc1)N1CCCN(Cc2nnc(-c3cc4c(s3)CCCC4)o2)CC1. The molecule has 0 amide bonds. The minimum Gasteiger partial charge on any atom is -0.419 e. The third-order valence-electron chi connectivity index (χ3n) is 6.03. The van der Waals surface area contributed by atoms with E-state index in [9.17, 15) is 12.8 Å². The fourth-order valence-electron chi connectivity index (χ4n) is 4.31. The summed E-state index contributed by atoms with van der Waals surface area (Å²) in [5, 5.41) is 8.48. The number of thiophene rings is 1. The Kier molecular flexibility index (Phi) is 6.11. The number of rotatable bonds is 5. The van der Waals surface area contributed by atoms with Gasteiger partial charge in [0.1, 0.15) is 5.82 Å². The molecular weight excluding hydrogens is 451 g/mol. The summed E-state index contributed by atoms with van der Waals surface area (Å²) in [5.41, 5.74) is 1.41. The van der Waals surface area contributed by atoms with Crippen molar-refractivity contribution in [2.24, 2.45) is 0 Å². The molecule has 0 atom stereocenters. The van der Waals surface area contributed by atoms with Crippen LogP contribution in [0.15, 0.2) is 39.6 Å². The smallest absolute Gasteiger partial charge is 0.257 e. The summed E-state index contributed by atoms with van der Waals surface area (Å²) in [6.45, 7) is 2.57. The number of halogens is 1. The summed E-state index contributed by atoms with van der Waals surface area (Å²) in [7, 11) is -3.64. The van der Waals surface area contributed by atoms with Crippen LogP contribution in [0.4, 0.5) is 4.39 Å². The van der Waals surface area contributed by atoms with E-state index in [0.717, 1.165) is 24.3 Å². The van der Waals surface area contributed by atoms with Gasteiger partial charge in [-0.05, 0) is 74.5 Å². The van der Waals surface area contributed by atoms with Gasteiger partial charge in [-0.3, -0.25) is 4.90 Å². The number of nitrogens with zero attached hydrogens (tertiary/aromatic N) is 4. The predicted octanol–water partition coefficient (Wildman–Crippen LogP) is 3.71. The molecule has 5 rings (SSSR count). The first-order chi connectivity index (χ1) is 15.5. The summed E-state index contributed by atoms with van der Waals surface area (Å²) < 4.78 is 46.4. The lowest BCUT2D eigenvalue weighted by Gasteiger charge is -2.21. The molecule has 2 aliphatic rings. The maximum atomic E-state index is 13.2. The Morgan fingerprint density at radius 3 is 2.62 bits per heavy atom. The highest BCUT2D eigenvalue weighted by Gasteiger charge is 2.27. The zero-order valence-electron chi connectivity index (χ0n) is 17.7. The van der Waals surface area contributed by atoms with Crippen molar-refractivity contribution in [2.45, 2.75) is 43.5 Å². The Hall–Kier alpha value is -2.14. The molecule has 0 N–H and O–H groups in total. The molecule has 0 spiro atoms.